The molecule has 0 saturated carbocycles. The van der Waals surface area contributed by atoms with Crippen LogP contribution in [0.25, 0.3) is 0 Å². The lowest BCUT2D eigenvalue weighted by Crippen LogP contribution is -2.14. The maximum atomic E-state index is 11.9. The van der Waals surface area contributed by atoms with E-state index < -0.39 is 0 Å². The van der Waals surface area contributed by atoms with Crippen LogP contribution >= 0.6 is 23.2 Å². The van der Waals surface area contributed by atoms with Crippen molar-refractivity contribution in [2.24, 2.45) is 0 Å². The van der Waals surface area contributed by atoms with Crippen molar-refractivity contribution in [1.82, 2.24) is 9.97 Å². The minimum absolute atomic E-state index is 0.193. The highest BCUT2D eigenvalue weighted by Crippen LogP contribution is 2.20. The zero-order valence-electron chi connectivity index (χ0n) is 9.45. The first-order valence-electron chi connectivity index (χ1n) is 5.11. The van der Waals surface area contributed by atoms with Crippen LogP contribution in [0.5, 0.6) is 0 Å². The van der Waals surface area contributed by atoms with Crippen LogP contribution < -0.4 is 5.32 Å². The van der Waals surface area contributed by atoms with Crippen LogP contribution in [0.2, 0.25) is 10.2 Å². The van der Waals surface area contributed by atoms with Gasteiger partial charge in [-0.25, -0.2) is 9.97 Å². The Morgan fingerprint density at radius 1 is 1.22 bits per heavy atom. The normalized spacial score (nSPS) is 10.2. The molecule has 2 aromatic rings. The Bertz CT molecular complexity index is 584. The molecule has 0 spiro atoms. The lowest BCUT2D eigenvalue weighted by Gasteiger charge is -2.08. The van der Waals surface area contributed by atoms with E-state index in [-0.39, 0.29) is 16.8 Å². The van der Waals surface area contributed by atoms with Gasteiger partial charge >= 0.3 is 0 Å². The van der Waals surface area contributed by atoms with Crippen molar-refractivity contribution >= 4 is 34.8 Å². The first-order valence-corrected chi connectivity index (χ1v) is 5.87. The number of benzene rings is 1. The van der Waals surface area contributed by atoms with E-state index in [0.29, 0.717) is 10.7 Å². The average Bonchev–Trinajstić information content (AvgIpc) is 2.34. The summed E-state index contributed by atoms with van der Waals surface area (Å²) in [5, 5.41) is 3.51. The Morgan fingerprint density at radius 3 is 2.67 bits per heavy atom. The van der Waals surface area contributed by atoms with Gasteiger partial charge in [0.2, 0.25) is 0 Å². The second-order valence-corrected chi connectivity index (χ2v) is 4.46. The molecule has 0 radical (unpaired) electrons. The van der Waals surface area contributed by atoms with Crippen LogP contribution in [-0.4, -0.2) is 15.9 Å². The largest absolute Gasteiger partial charge is 0.320 e. The van der Waals surface area contributed by atoms with E-state index in [1.165, 1.54) is 12.4 Å². The molecule has 0 aliphatic carbocycles. The summed E-state index contributed by atoms with van der Waals surface area (Å²) in [7, 11) is 0. The summed E-state index contributed by atoms with van der Waals surface area (Å²) >= 11 is 11.5. The molecule has 1 aromatic carbocycles. The van der Waals surface area contributed by atoms with Gasteiger partial charge in [0, 0.05) is 10.7 Å². The Balaban J connectivity index is 2.21. The molecule has 0 fully saturated rings. The van der Waals surface area contributed by atoms with Crippen LogP contribution in [0.1, 0.15) is 16.1 Å². The number of halogens is 2. The SMILES string of the molecule is Cc1ccc(Cl)cc1NC(=O)c1cnc(Cl)cn1. The van der Waals surface area contributed by atoms with Crippen molar-refractivity contribution in [3.05, 3.63) is 52.0 Å². The fraction of sp³-hybridized carbons (Fsp3) is 0.0833. The van der Waals surface area contributed by atoms with Gasteiger partial charge in [0.15, 0.2) is 0 Å². The van der Waals surface area contributed by atoms with Crippen molar-refractivity contribution in [3.8, 4) is 0 Å². The number of nitrogens with one attached hydrogen (secondary N) is 1. The van der Waals surface area contributed by atoms with Crippen LogP contribution in [-0.2, 0) is 0 Å². The van der Waals surface area contributed by atoms with Crippen molar-refractivity contribution in [2.45, 2.75) is 6.92 Å². The first kappa shape index (κ1) is 12.8. The summed E-state index contributed by atoms with van der Waals surface area (Å²) in [5.41, 5.74) is 1.75. The topological polar surface area (TPSA) is 54.9 Å². The third-order valence-electron chi connectivity index (χ3n) is 2.30. The number of aryl methyl sites for hydroxylation is 1. The highest BCUT2D eigenvalue weighted by Gasteiger charge is 2.09. The molecule has 1 heterocycles. The molecule has 0 aliphatic rings. The van der Waals surface area contributed by atoms with Crippen molar-refractivity contribution in [2.75, 3.05) is 5.32 Å². The smallest absolute Gasteiger partial charge is 0.275 e. The van der Waals surface area contributed by atoms with Crippen LogP contribution in [0.15, 0.2) is 30.6 Å². The van der Waals surface area contributed by atoms with E-state index in [4.69, 9.17) is 23.2 Å². The van der Waals surface area contributed by atoms with Gasteiger partial charge in [-0.15, -0.1) is 0 Å². The van der Waals surface area contributed by atoms with E-state index >= 15 is 0 Å². The number of amides is 1. The number of carbonyl (C=O) groups is 1. The fourth-order valence-electron chi connectivity index (χ4n) is 1.34. The maximum absolute atomic E-state index is 11.9. The monoisotopic (exact) mass is 281 g/mol. The molecule has 6 heteroatoms. The Hall–Kier alpha value is -1.65. The van der Waals surface area contributed by atoms with Gasteiger partial charge in [-0.1, -0.05) is 29.3 Å². The second kappa shape index (κ2) is 5.33. The van der Waals surface area contributed by atoms with E-state index in [1.807, 2.05) is 13.0 Å². The van der Waals surface area contributed by atoms with Crippen LogP contribution in [0.4, 0.5) is 5.69 Å². The molecule has 0 atom stereocenters. The zero-order valence-corrected chi connectivity index (χ0v) is 11.0. The third kappa shape index (κ3) is 2.97. The van der Waals surface area contributed by atoms with E-state index in [1.54, 1.807) is 12.1 Å². The van der Waals surface area contributed by atoms with Gasteiger partial charge in [0.25, 0.3) is 5.91 Å². The summed E-state index contributed by atoms with van der Waals surface area (Å²) in [4.78, 5) is 19.6. The molecule has 1 aromatic heterocycles. The number of hydrogen-bond donors (Lipinski definition) is 1. The summed E-state index contributed by atoms with van der Waals surface area (Å²) in [6.45, 7) is 1.87. The van der Waals surface area contributed by atoms with Gasteiger partial charge in [-0.3, -0.25) is 4.79 Å². The molecular weight excluding hydrogens is 273 g/mol. The highest BCUT2D eigenvalue weighted by molar-refractivity contribution is 6.31. The fourth-order valence-corrected chi connectivity index (χ4v) is 1.61. The first-order chi connectivity index (χ1) is 8.56. The molecule has 0 unspecified atom stereocenters. The highest BCUT2D eigenvalue weighted by atomic mass is 35.5. The van der Waals surface area contributed by atoms with Gasteiger partial charge in [-0.05, 0) is 24.6 Å². The molecule has 92 valence electrons. The predicted octanol–water partition coefficient (Wildman–Crippen LogP) is 3.34. The third-order valence-corrected chi connectivity index (χ3v) is 2.73. The van der Waals surface area contributed by atoms with Gasteiger partial charge < -0.3 is 5.32 Å². The van der Waals surface area contributed by atoms with Crippen LogP contribution in [0.3, 0.4) is 0 Å². The summed E-state index contributed by atoms with van der Waals surface area (Å²) in [5.74, 6) is -0.357. The number of hydrogen-bond acceptors (Lipinski definition) is 3. The molecule has 1 N–H and O–H groups in total. The Morgan fingerprint density at radius 2 is 2.00 bits per heavy atom. The standard InChI is InChI=1S/C12H9Cl2N3O/c1-7-2-3-8(13)4-9(7)17-12(18)10-5-16-11(14)6-15-10/h2-6H,1H3,(H,17,18). The average molecular weight is 282 g/mol. The predicted molar refractivity (Wildman–Crippen MR) is 71.2 cm³/mol. The van der Waals surface area contributed by atoms with E-state index in [0.717, 1.165) is 5.56 Å². The van der Waals surface area contributed by atoms with Gasteiger partial charge in [0.05, 0.1) is 12.4 Å². The molecule has 0 saturated heterocycles. The minimum Gasteiger partial charge on any atom is -0.320 e. The van der Waals surface area contributed by atoms with Crippen molar-refractivity contribution < 1.29 is 4.79 Å². The lowest BCUT2D eigenvalue weighted by atomic mass is 10.2. The molecule has 1 amide bonds. The molecule has 4 nitrogen and oxygen atoms in total. The summed E-state index contributed by atoms with van der Waals surface area (Å²) in [6, 6.07) is 5.26. The molecule has 0 bridgehead atoms. The second-order valence-electron chi connectivity index (χ2n) is 3.64. The lowest BCUT2D eigenvalue weighted by molar-refractivity contribution is 0.102. The summed E-state index contributed by atoms with van der Waals surface area (Å²) in [6.07, 6.45) is 2.64. The minimum atomic E-state index is -0.357. The Labute approximate surface area is 114 Å². The molecular formula is C12H9Cl2N3O. The van der Waals surface area contributed by atoms with E-state index in [2.05, 4.69) is 15.3 Å². The number of aromatic nitrogens is 2. The van der Waals surface area contributed by atoms with Gasteiger partial charge in [-0.2, -0.15) is 0 Å². The quantitative estimate of drug-likeness (QED) is 0.919. The molecule has 2 rings (SSSR count). The zero-order chi connectivity index (χ0) is 13.1. The van der Waals surface area contributed by atoms with Crippen LogP contribution in [0, 0.1) is 6.92 Å². The number of anilines is 1. The maximum Gasteiger partial charge on any atom is 0.275 e. The van der Waals surface area contributed by atoms with Crippen molar-refractivity contribution in [1.29, 1.82) is 0 Å². The van der Waals surface area contributed by atoms with Gasteiger partial charge in [0.1, 0.15) is 10.8 Å². The van der Waals surface area contributed by atoms with E-state index in [9.17, 15) is 4.79 Å². The molecule has 18 heavy (non-hydrogen) atoms. The summed E-state index contributed by atoms with van der Waals surface area (Å²) < 4.78 is 0. The number of nitrogens with zero attached hydrogens (tertiary/aromatic N) is 2. The van der Waals surface area contributed by atoms with Crippen molar-refractivity contribution in [3.63, 3.8) is 0 Å². The number of carbonyl (C=O) groups excluding carboxylic acids is 1. The number of rotatable bonds is 2. The Kier molecular flexibility index (Phi) is 3.79. The molecule has 0 aliphatic heterocycles.